The number of fused-ring (bicyclic) bond motifs is 2. The summed E-state index contributed by atoms with van der Waals surface area (Å²) < 4.78 is 0. The first kappa shape index (κ1) is 43.5. The largest absolute Gasteiger partial charge is 0.341 e. The van der Waals surface area contributed by atoms with Crippen molar-refractivity contribution < 1.29 is 0 Å². The Hall–Kier alpha value is -5.71. The normalized spacial score (nSPS) is 13.8. The summed E-state index contributed by atoms with van der Waals surface area (Å²) in [6, 6.07) is 40.8. The summed E-state index contributed by atoms with van der Waals surface area (Å²) in [6.07, 6.45) is 22.8. The Kier molecular flexibility index (Phi) is 13.6. The second-order valence-corrected chi connectivity index (χ2v) is 18.7. The van der Waals surface area contributed by atoms with Crippen LogP contribution in [0.3, 0.4) is 0 Å². The molecule has 0 radical (unpaired) electrons. The minimum Gasteiger partial charge on any atom is -0.341 e. The highest BCUT2D eigenvalue weighted by Gasteiger charge is 2.55. The van der Waals surface area contributed by atoms with E-state index in [9.17, 15) is 5.26 Å². The number of anilines is 6. The van der Waals surface area contributed by atoms with Gasteiger partial charge in [-0.3, -0.25) is 0 Å². The fraction of sp³-hybridized carbons (Fsp3) is 0.417. The molecule has 0 saturated carbocycles. The van der Waals surface area contributed by atoms with Crippen LogP contribution in [0.4, 0.5) is 34.1 Å². The topological polar surface area (TPSA) is 33.5 Å². The van der Waals surface area contributed by atoms with E-state index in [0.29, 0.717) is 0 Å². The molecule has 4 heteroatoms. The van der Waals surface area contributed by atoms with Crippen molar-refractivity contribution in [2.45, 2.75) is 142 Å². The van der Waals surface area contributed by atoms with Crippen LogP contribution in [0, 0.1) is 23.2 Å². The highest BCUT2D eigenvalue weighted by molar-refractivity contribution is 6.10. The minimum atomic E-state index is -0.716. The van der Waals surface area contributed by atoms with Crippen molar-refractivity contribution in [3.63, 3.8) is 0 Å². The van der Waals surface area contributed by atoms with Crippen LogP contribution in [-0.2, 0) is 5.41 Å². The number of hydrogen-bond donors (Lipinski definition) is 0. The van der Waals surface area contributed by atoms with Crippen molar-refractivity contribution in [3.05, 3.63) is 131 Å². The molecule has 328 valence electrons. The van der Waals surface area contributed by atoms with Gasteiger partial charge < -0.3 is 14.7 Å². The molecule has 0 aliphatic carbocycles. The van der Waals surface area contributed by atoms with E-state index >= 15 is 0 Å². The monoisotopic (exact) mass is 845 g/mol. The van der Waals surface area contributed by atoms with Crippen LogP contribution in [0.2, 0.25) is 0 Å². The average Bonchev–Trinajstić information content (AvgIpc) is 3.33. The smallest absolute Gasteiger partial charge is 0.119 e. The van der Waals surface area contributed by atoms with Gasteiger partial charge in [0.25, 0.3) is 0 Å². The number of unbranched alkanes of at least 4 members (excludes halogenated alkanes) is 15. The third-order valence-electron chi connectivity index (χ3n) is 14.6. The van der Waals surface area contributed by atoms with E-state index in [1.807, 2.05) is 0 Å². The Balaban J connectivity index is 1.29. The molecule has 6 aromatic carbocycles. The molecule has 3 aliphatic rings. The lowest BCUT2D eigenvalue weighted by atomic mass is 9.61. The molecule has 0 atom stereocenters. The van der Waals surface area contributed by atoms with Crippen LogP contribution in [0.15, 0.2) is 103 Å². The second kappa shape index (κ2) is 20.0. The van der Waals surface area contributed by atoms with Gasteiger partial charge in [0.05, 0.1) is 5.56 Å². The molecular formula is C60H68N4. The Bertz CT molecular complexity index is 2410. The number of hydrogen-bond acceptors (Lipinski definition) is 4. The van der Waals surface area contributed by atoms with Gasteiger partial charge in [-0.15, -0.1) is 0 Å². The van der Waals surface area contributed by atoms with Crippen molar-refractivity contribution in [3.8, 4) is 17.9 Å². The highest BCUT2D eigenvalue weighted by Crippen LogP contribution is 2.67. The summed E-state index contributed by atoms with van der Waals surface area (Å²) in [6.45, 7) is 9.87. The molecule has 3 aliphatic heterocycles. The summed E-state index contributed by atoms with van der Waals surface area (Å²) in [5, 5.41) is 14.6. The third-order valence-corrected chi connectivity index (χ3v) is 14.6. The van der Waals surface area contributed by atoms with Crippen LogP contribution in [-0.4, -0.2) is 19.6 Å². The van der Waals surface area contributed by atoms with Crippen LogP contribution in [0.5, 0.6) is 0 Å². The van der Waals surface area contributed by atoms with E-state index in [2.05, 4.69) is 157 Å². The first-order valence-corrected chi connectivity index (χ1v) is 25.3. The van der Waals surface area contributed by atoms with Gasteiger partial charge in [0.1, 0.15) is 11.5 Å². The highest BCUT2D eigenvalue weighted by atomic mass is 15.2. The van der Waals surface area contributed by atoms with Gasteiger partial charge in [-0.05, 0) is 66.4 Å². The third kappa shape index (κ3) is 7.83. The molecule has 0 bridgehead atoms. The minimum absolute atomic E-state index is 0.716. The molecule has 0 fully saturated rings. The Morgan fingerprint density at radius 2 is 0.672 bits per heavy atom. The molecule has 0 N–H and O–H groups in total. The van der Waals surface area contributed by atoms with E-state index in [-0.39, 0.29) is 0 Å². The zero-order chi connectivity index (χ0) is 43.9. The fourth-order valence-corrected chi connectivity index (χ4v) is 11.5. The van der Waals surface area contributed by atoms with Crippen LogP contribution in [0.25, 0.3) is 21.5 Å². The average molecular weight is 845 g/mol. The fourth-order valence-electron chi connectivity index (χ4n) is 11.5. The standard InChI is InChI=1S/C60H68N4/c1-4-7-10-13-16-23-41-62-51-33-26-35-53-57(51)60(40-39-49-45-29-19-21-31-47(45)50(44-61)48-32-22-20-30-46(48)49)58-52(62)34-27-36-54(58)64(43-25-18-15-12-9-6-3)56-38-28-37-55(59(56)60)63(53)42-24-17-14-11-8-5-2/h19-22,26-38H,4-18,23-25,41-43H2,1-3H3. The molecular weight excluding hydrogens is 777 g/mol. The van der Waals surface area contributed by atoms with E-state index in [1.165, 1.54) is 147 Å². The first-order valence-electron chi connectivity index (χ1n) is 25.3. The van der Waals surface area contributed by atoms with Gasteiger partial charge in [-0.25, -0.2) is 0 Å². The quantitative estimate of drug-likeness (QED) is 0.0411. The van der Waals surface area contributed by atoms with Crippen molar-refractivity contribution in [1.82, 2.24) is 0 Å². The lowest BCUT2D eigenvalue weighted by molar-refractivity contribution is 0.598. The second-order valence-electron chi connectivity index (χ2n) is 18.7. The zero-order valence-electron chi connectivity index (χ0n) is 39.0. The summed E-state index contributed by atoms with van der Waals surface area (Å²) in [5.41, 5.74) is 12.9. The molecule has 0 amide bonds. The maximum atomic E-state index is 10.6. The van der Waals surface area contributed by atoms with E-state index in [4.69, 9.17) is 0 Å². The first-order chi connectivity index (χ1) is 31.7. The zero-order valence-corrected chi connectivity index (χ0v) is 39.0. The molecule has 0 aromatic heterocycles. The Morgan fingerprint density at radius 1 is 0.375 bits per heavy atom. The summed E-state index contributed by atoms with van der Waals surface area (Å²) in [7, 11) is 0. The van der Waals surface area contributed by atoms with Crippen molar-refractivity contribution in [2.75, 3.05) is 34.3 Å². The van der Waals surface area contributed by atoms with Crippen molar-refractivity contribution in [2.24, 2.45) is 0 Å². The van der Waals surface area contributed by atoms with E-state index < -0.39 is 5.41 Å². The molecule has 0 unspecified atom stereocenters. The molecule has 0 saturated heterocycles. The Labute approximate surface area is 384 Å². The van der Waals surface area contributed by atoms with Gasteiger partial charge in [0.15, 0.2) is 0 Å². The number of nitriles is 1. The lowest BCUT2D eigenvalue weighted by Crippen LogP contribution is -2.47. The van der Waals surface area contributed by atoms with Gasteiger partial charge in [-0.2, -0.15) is 5.26 Å². The number of rotatable bonds is 21. The molecule has 3 heterocycles. The van der Waals surface area contributed by atoms with Crippen molar-refractivity contribution >= 4 is 55.7 Å². The lowest BCUT2D eigenvalue weighted by Gasteiger charge is -2.54. The molecule has 9 rings (SSSR count). The van der Waals surface area contributed by atoms with Gasteiger partial charge >= 0.3 is 0 Å². The van der Waals surface area contributed by atoms with Crippen LogP contribution in [0.1, 0.15) is 164 Å². The predicted molar refractivity (Wildman–Crippen MR) is 273 cm³/mol. The van der Waals surface area contributed by atoms with E-state index in [0.717, 1.165) is 71.6 Å². The van der Waals surface area contributed by atoms with Gasteiger partial charge in [0.2, 0.25) is 0 Å². The summed E-state index contributed by atoms with van der Waals surface area (Å²) >= 11 is 0. The van der Waals surface area contributed by atoms with Gasteiger partial charge in [0, 0.05) is 86.8 Å². The van der Waals surface area contributed by atoms with Crippen LogP contribution >= 0.6 is 0 Å². The SMILES string of the molecule is CCCCCCCCN1c2cccc3c2C2(C#Cc4c5ccccc5c(C#N)c5ccccc45)c4c1cccc4N(CCCCCCCC)c1cccc(c12)N3CCCCCCCC. The maximum absolute atomic E-state index is 10.6. The predicted octanol–water partition coefficient (Wildman–Crippen LogP) is 16.7. The van der Waals surface area contributed by atoms with E-state index in [1.54, 1.807) is 0 Å². The molecule has 0 spiro atoms. The molecule has 6 aromatic rings. The number of nitrogens with zero attached hydrogens (tertiary/aromatic N) is 4. The maximum Gasteiger partial charge on any atom is 0.119 e. The molecule has 64 heavy (non-hydrogen) atoms. The van der Waals surface area contributed by atoms with Gasteiger partial charge in [-0.1, -0.05) is 196 Å². The van der Waals surface area contributed by atoms with Crippen molar-refractivity contribution in [1.29, 1.82) is 5.26 Å². The molecule has 4 nitrogen and oxygen atoms in total. The van der Waals surface area contributed by atoms with Crippen LogP contribution < -0.4 is 14.7 Å². The number of benzene rings is 6. The summed E-state index contributed by atoms with van der Waals surface area (Å²) in [4.78, 5) is 8.07. The Morgan fingerprint density at radius 3 is 0.984 bits per heavy atom. The summed E-state index contributed by atoms with van der Waals surface area (Å²) in [5.74, 6) is 8.31.